The minimum Gasteiger partial charge on any atom is -0.309 e. The highest BCUT2D eigenvalue weighted by molar-refractivity contribution is 6.13. The molecule has 0 saturated heterocycles. The summed E-state index contributed by atoms with van der Waals surface area (Å²) in [5.74, 6) is 0.656. The monoisotopic (exact) mass is 1120 g/mol. The van der Waals surface area contributed by atoms with E-state index in [4.69, 9.17) is 9.97 Å². The molecule has 88 heavy (non-hydrogen) atoms. The molecule has 0 amide bonds. The van der Waals surface area contributed by atoms with Gasteiger partial charge in [0.2, 0.25) is 0 Å². The first kappa shape index (κ1) is 49.6. The molecule has 0 bridgehead atoms. The minimum atomic E-state index is 0.656. The topological polar surface area (TPSA) is 45.5 Å². The Hall–Kier alpha value is -11.9. The molecule has 0 radical (unpaired) electrons. The molecule has 0 unspecified atom stereocenters. The van der Waals surface area contributed by atoms with E-state index in [2.05, 4.69) is 334 Å². The zero-order chi connectivity index (χ0) is 57.8. The zero-order valence-corrected chi connectivity index (χ0v) is 47.7. The van der Waals surface area contributed by atoms with Crippen molar-refractivity contribution in [2.24, 2.45) is 0 Å². The van der Waals surface area contributed by atoms with E-state index in [1.54, 1.807) is 0 Å². The van der Waals surface area contributed by atoms with Crippen LogP contribution in [0.4, 0.5) is 0 Å². The third-order valence-corrected chi connectivity index (χ3v) is 18.0. The Morgan fingerprint density at radius 3 is 0.898 bits per heavy atom. The Labute approximate surface area is 507 Å². The van der Waals surface area contributed by atoms with Crippen LogP contribution in [-0.2, 0) is 0 Å². The van der Waals surface area contributed by atoms with Crippen LogP contribution >= 0.6 is 0 Å². The largest absolute Gasteiger partial charge is 0.309 e. The molecule has 0 saturated carbocycles. The Balaban J connectivity index is 0.699. The lowest BCUT2D eigenvalue weighted by Crippen LogP contribution is -1.99. The second-order valence-corrected chi connectivity index (χ2v) is 22.9. The summed E-state index contributed by atoms with van der Waals surface area (Å²) in [6, 6.07) is 114. The summed E-state index contributed by atoms with van der Waals surface area (Å²) in [7, 11) is 0. The van der Waals surface area contributed by atoms with Gasteiger partial charge in [-0.15, -0.1) is 0 Å². The fourth-order valence-corrected chi connectivity index (χ4v) is 13.9. The van der Waals surface area contributed by atoms with Gasteiger partial charge in [-0.05, 0) is 138 Å². The number of aromatic nitrogens is 6. The fraction of sp³-hybridized carbons (Fsp3) is 0. The van der Waals surface area contributed by atoms with Crippen molar-refractivity contribution in [3.63, 3.8) is 0 Å². The highest BCUT2D eigenvalue weighted by Gasteiger charge is 2.20. The second kappa shape index (κ2) is 19.9. The highest BCUT2D eigenvalue weighted by Crippen LogP contribution is 2.41. The molecule has 5 aromatic heterocycles. The van der Waals surface area contributed by atoms with Crippen LogP contribution in [0.25, 0.3) is 166 Å². The molecule has 6 nitrogen and oxygen atoms in total. The second-order valence-electron chi connectivity index (χ2n) is 22.9. The number of hydrogen-bond donors (Lipinski definition) is 0. The molecular formula is C82H52N6. The summed E-state index contributed by atoms with van der Waals surface area (Å²) in [6.45, 7) is 0. The van der Waals surface area contributed by atoms with Crippen LogP contribution in [0.15, 0.2) is 315 Å². The molecule has 13 aromatic carbocycles. The van der Waals surface area contributed by atoms with Gasteiger partial charge in [-0.1, -0.05) is 200 Å². The first-order valence-electron chi connectivity index (χ1n) is 30.0. The average Bonchev–Trinajstić information content (AvgIpc) is 2.31. The number of hydrogen-bond acceptors (Lipinski definition) is 2. The molecule has 18 rings (SSSR count). The van der Waals surface area contributed by atoms with Gasteiger partial charge in [-0.3, -0.25) is 0 Å². The van der Waals surface area contributed by atoms with Crippen molar-refractivity contribution in [3.05, 3.63) is 315 Å². The van der Waals surface area contributed by atoms with Gasteiger partial charge in [-0.2, -0.15) is 0 Å². The first-order valence-corrected chi connectivity index (χ1v) is 30.0. The van der Waals surface area contributed by atoms with E-state index < -0.39 is 0 Å². The van der Waals surface area contributed by atoms with Gasteiger partial charge in [0.1, 0.15) is 0 Å². The van der Waals surface area contributed by atoms with E-state index in [0.29, 0.717) is 5.82 Å². The zero-order valence-electron chi connectivity index (χ0n) is 47.7. The molecule has 0 spiro atoms. The van der Waals surface area contributed by atoms with Gasteiger partial charge in [-0.25, -0.2) is 9.97 Å². The molecule has 410 valence electrons. The smallest absolute Gasteiger partial charge is 0.160 e. The van der Waals surface area contributed by atoms with Crippen LogP contribution in [0.5, 0.6) is 0 Å². The number of fused-ring (bicyclic) bond motifs is 12. The molecule has 0 aliphatic heterocycles. The SMILES string of the molecule is c1ccc(-c2cc(-c3cccc(-n4c5ccccc5c5cc(-c6ccc(-n7c8ccccc8c8ccccc87)cc6)ccc54)c3)nc(-c3cccc(-n4c5ccccc5c5cc(-c6ccc(-n7c8ccccc8c8ccccc87)cc6)ccc54)c3)n2)cc1. The molecule has 0 atom stereocenters. The number of benzene rings is 13. The maximum Gasteiger partial charge on any atom is 0.160 e. The lowest BCUT2D eigenvalue weighted by atomic mass is 10.0. The predicted molar refractivity (Wildman–Crippen MR) is 367 cm³/mol. The van der Waals surface area contributed by atoms with Gasteiger partial charge < -0.3 is 18.3 Å². The van der Waals surface area contributed by atoms with Crippen molar-refractivity contribution in [1.29, 1.82) is 0 Å². The van der Waals surface area contributed by atoms with Gasteiger partial charge in [0.25, 0.3) is 0 Å². The van der Waals surface area contributed by atoms with Crippen molar-refractivity contribution in [1.82, 2.24) is 28.2 Å². The van der Waals surface area contributed by atoms with Crippen molar-refractivity contribution in [2.45, 2.75) is 0 Å². The predicted octanol–water partition coefficient (Wildman–Crippen LogP) is 21.2. The lowest BCUT2D eigenvalue weighted by Gasteiger charge is -2.13. The maximum atomic E-state index is 5.46. The Morgan fingerprint density at radius 1 is 0.170 bits per heavy atom. The summed E-state index contributed by atoms with van der Waals surface area (Å²) in [5.41, 5.74) is 23.1. The highest BCUT2D eigenvalue weighted by atomic mass is 15.0. The van der Waals surface area contributed by atoms with Crippen molar-refractivity contribution in [3.8, 4) is 78.9 Å². The van der Waals surface area contributed by atoms with Crippen molar-refractivity contribution in [2.75, 3.05) is 0 Å². The first-order chi connectivity index (χ1) is 43.6. The minimum absolute atomic E-state index is 0.656. The standard InChI is InChI=1S/C82H52N6/c1-2-18-55(19-3-1)72-52-73(58-20-16-22-62(48-58)87-78-34-14-8-28-68(78)70-50-56(40-46-80(70)87)53-36-42-60(43-37-53)85-74-30-10-4-24-64(74)65-25-5-11-31-75(65)85)84-82(83-72)59-21-17-23-63(49-59)88-79-35-15-9-29-69(79)71-51-57(41-47-81(71)88)54-38-44-61(45-39-54)86-76-32-12-6-26-66(76)67-27-7-13-33-77(67)86/h1-52H. The average molecular weight is 1120 g/mol. The third-order valence-electron chi connectivity index (χ3n) is 18.0. The lowest BCUT2D eigenvalue weighted by molar-refractivity contribution is 1.15. The molecule has 18 aromatic rings. The number of rotatable bonds is 9. The van der Waals surface area contributed by atoms with E-state index >= 15 is 0 Å². The van der Waals surface area contributed by atoms with Gasteiger partial charge in [0, 0.05) is 82.5 Å². The van der Waals surface area contributed by atoms with Crippen LogP contribution in [0.2, 0.25) is 0 Å². The Morgan fingerprint density at radius 2 is 0.477 bits per heavy atom. The molecular weight excluding hydrogens is 1070 g/mol. The van der Waals surface area contributed by atoms with Crippen LogP contribution < -0.4 is 0 Å². The van der Waals surface area contributed by atoms with E-state index in [0.717, 1.165) is 72.9 Å². The van der Waals surface area contributed by atoms with Crippen LogP contribution in [-0.4, -0.2) is 28.2 Å². The number of nitrogens with zero attached hydrogens (tertiary/aromatic N) is 6. The van der Waals surface area contributed by atoms with Crippen LogP contribution in [0, 0.1) is 0 Å². The van der Waals surface area contributed by atoms with Crippen LogP contribution in [0.1, 0.15) is 0 Å². The van der Waals surface area contributed by atoms with Crippen molar-refractivity contribution >= 4 is 87.2 Å². The van der Waals surface area contributed by atoms with Gasteiger partial charge in [0.15, 0.2) is 5.82 Å². The van der Waals surface area contributed by atoms with E-state index in [1.165, 1.54) is 87.4 Å². The molecule has 6 heteroatoms. The number of para-hydroxylation sites is 6. The quantitative estimate of drug-likeness (QED) is 0.145. The van der Waals surface area contributed by atoms with E-state index in [1.807, 2.05) is 0 Å². The summed E-state index contributed by atoms with van der Waals surface area (Å²) in [4.78, 5) is 10.8. The molecule has 5 heterocycles. The van der Waals surface area contributed by atoms with E-state index in [9.17, 15) is 0 Å². The summed E-state index contributed by atoms with van der Waals surface area (Å²) in [6.07, 6.45) is 0. The van der Waals surface area contributed by atoms with Crippen molar-refractivity contribution < 1.29 is 0 Å². The van der Waals surface area contributed by atoms with E-state index in [-0.39, 0.29) is 0 Å². The molecule has 0 fully saturated rings. The van der Waals surface area contributed by atoms with Crippen LogP contribution in [0.3, 0.4) is 0 Å². The summed E-state index contributed by atoms with van der Waals surface area (Å²) >= 11 is 0. The van der Waals surface area contributed by atoms with Gasteiger partial charge in [0.05, 0.1) is 55.5 Å². The molecule has 0 aliphatic rings. The normalized spacial score (nSPS) is 11.9. The summed E-state index contributed by atoms with van der Waals surface area (Å²) < 4.78 is 9.52. The van der Waals surface area contributed by atoms with Gasteiger partial charge >= 0.3 is 0 Å². The molecule has 0 aliphatic carbocycles. The maximum absolute atomic E-state index is 5.46. The summed E-state index contributed by atoms with van der Waals surface area (Å²) in [5, 5.41) is 9.83. The third kappa shape index (κ3) is 7.89. The Kier molecular flexibility index (Phi) is 11.2. The molecule has 0 N–H and O–H groups in total. The fourth-order valence-electron chi connectivity index (χ4n) is 13.9. The Bertz CT molecular complexity index is 5360.